The maximum absolute atomic E-state index is 10.8. The Labute approximate surface area is 146 Å². The number of carboxylic acid groups (broad SMARTS) is 1. The van der Waals surface area contributed by atoms with Gasteiger partial charge in [0, 0.05) is 30.0 Å². The topological polar surface area (TPSA) is 81.2 Å². The van der Waals surface area contributed by atoms with Crippen LogP contribution in [0.2, 0.25) is 12.6 Å². The van der Waals surface area contributed by atoms with Crippen molar-refractivity contribution in [2.45, 2.75) is 12.6 Å². The van der Waals surface area contributed by atoms with Crippen molar-refractivity contribution >= 4 is 35.8 Å². The second kappa shape index (κ2) is 6.51. The Morgan fingerprint density at radius 2 is 1.92 bits per heavy atom. The largest absolute Gasteiger partial charge is 0.465 e. The number of rotatable bonds is 3. The molecule has 0 radical (unpaired) electrons. The van der Waals surface area contributed by atoms with Crippen LogP contribution in [0.15, 0.2) is 42.5 Å². The van der Waals surface area contributed by atoms with E-state index in [0.29, 0.717) is 5.69 Å². The zero-order valence-corrected chi connectivity index (χ0v) is 13.8. The van der Waals surface area contributed by atoms with Gasteiger partial charge in [-0.05, 0) is 42.5 Å². The van der Waals surface area contributed by atoms with Gasteiger partial charge in [-0.2, -0.15) is 0 Å². The number of hydrogen-bond donors (Lipinski definition) is 3. The van der Waals surface area contributed by atoms with Crippen LogP contribution >= 0.6 is 0 Å². The number of nitrogens with one attached hydrogen (secondary N) is 2. The molecule has 3 N–H and O–H groups in total. The summed E-state index contributed by atoms with van der Waals surface area (Å²) in [5.41, 5.74) is 4.41. The Balaban J connectivity index is 1.59. The highest BCUT2D eigenvalue weighted by molar-refractivity contribution is 6.36. The molecule has 2 heterocycles. The molecule has 0 aliphatic carbocycles. The highest BCUT2D eigenvalue weighted by Gasteiger charge is 2.12. The molecule has 1 fully saturated rings. The number of anilines is 2. The van der Waals surface area contributed by atoms with Crippen molar-refractivity contribution < 1.29 is 9.90 Å². The van der Waals surface area contributed by atoms with Crippen molar-refractivity contribution in [2.75, 3.05) is 23.3 Å². The summed E-state index contributed by atoms with van der Waals surface area (Å²) in [6.07, 6.45) is 1.44. The summed E-state index contributed by atoms with van der Waals surface area (Å²) in [6.45, 7) is 2.26. The molecule has 3 aromatic rings. The maximum Gasteiger partial charge on any atom is 0.409 e. The molecule has 1 aliphatic heterocycles. The van der Waals surface area contributed by atoms with E-state index in [0.717, 1.165) is 35.5 Å². The van der Waals surface area contributed by atoms with Gasteiger partial charge in [-0.1, -0.05) is 12.6 Å². The molecule has 0 saturated carbocycles. The van der Waals surface area contributed by atoms with Gasteiger partial charge >= 0.3 is 6.09 Å². The Hall–Kier alpha value is -2.96. The van der Waals surface area contributed by atoms with Crippen LogP contribution in [0.25, 0.3) is 22.4 Å². The maximum atomic E-state index is 10.8. The van der Waals surface area contributed by atoms with Crippen molar-refractivity contribution in [1.29, 1.82) is 0 Å². The second-order valence-corrected chi connectivity index (χ2v) is 6.34. The van der Waals surface area contributed by atoms with Gasteiger partial charge in [0.15, 0.2) is 0 Å². The lowest BCUT2D eigenvalue weighted by molar-refractivity contribution is 0.210. The van der Waals surface area contributed by atoms with Crippen molar-refractivity contribution in [3.8, 4) is 11.4 Å². The fraction of sp³-hybridized carbons (Fsp3) is 0.222. The summed E-state index contributed by atoms with van der Waals surface area (Å²) in [7, 11) is 1.33. The standard InChI is InChI=1S/C18H19BN4O2/c24-18(25)20-13-3-6-15-16(11-13)22-17(21-15)12-1-4-14(5-2-12)23-9-7-19-8-10-23/h1-6,11,19-20H,7-10H2,(H,21,22)(H,24,25). The number of hydrogen-bond acceptors (Lipinski definition) is 3. The lowest BCUT2D eigenvalue weighted by atomic mass is 9.68. The van der Waals surface area contributed by atoms with E-state index >= 15 is 0 Å². The number of nitrogens with zero attached hydrogens (tertiary/aromatic N) is 2. The van der Waals surface area contributed by atoms with E-state index in [2.05, 4.69) is 44.5 Å². The smallest absolute Gasteiger partial charge is 0.409 e. The zero-order valence-electron chi connectivity index (χ0n) is 13.8. The van der Waals surface area contributed by atoms with Crippen molar-refractivity contribution in [3.63, 3.8) is 0 Å². The number of carbonyl (C=O) groups is 1. The summed E-state index contributed by atoms with van der Waals surface area (Å²) >= 11 is 0. The molecule has 1 aliphatic rings. The third kappa shape index (κ3) is 3.31. The van der Waals surface area contributed by atoms with Crippen molar-refractivity contribution in [2.24, 2.45) is 0 Å². The molecule has 7 heteroatoms. The molecule has 0 unspecified atom stereocenters. The van der Waals surface area contributed by atoms with Crippen LogP contribution in [0.5, 0.6) is 0 Å². The van der Waals surface area contributed by atoms with Crippen LogP contribution in [-0.4, -0.2) is 41.5 Å². The Bertz CT molecular complexity index is 901. The van der Waals surface area contributed by atoms with E-state index in [-0.39, 0.29) is 0 Å². The van der Waals surface area contributed by atoms with Crippen LogP contribution in [0.3, 0.4) is 0 Å². The highest BCUT2D eigenvalue weighted by Crippen LogP contribution is 2.26. The predicted octanol–water partition coefficient (Wildman–Crippen LogP) is 3.41. The molecule has 1 aromatic heterocycles. The zero-order chi connectivity index (χ0) is 17.2. The van der Waals surface area contributed by atoms with Gasteiger partial charge in [0.2, 0.25) is 0 Å². The summed E-state index contributed by atoms with van der Waals surface area (Å²) in [6, 6.07) is 13.7. The van der Waals surface area contributed by atoms with Crippen LogP contribution in [0, 0.1) is 0 Å². The Morgan fingerprint density at radius 1 is 1.16 bits per heavy atom. The summed E-state index contributed by atoms with van der Waals surface area (Å²) < 4.78 is 0. The molecule has 0 atom stereocenters. The fourth-order valence-electron chi connectivity index (χ4n) is 3.33. The lowest BCUT2D eigenvalue weighted by Gasteiger charge is -2.28. The number of fused-ring (bicyclic) bond motifs is 1. The van der Waals surface area contributed by atoms with Gasteiger partial charge in [-0.25, -0.2) is 9.78 Å². The molecule has 25 heavy (non-hydrogen) atoms. The predicted molar refractivity (Wildman–Crippen MR) is 102 cm³/mol. The van der Waals surface area contributed by atoms with Crippen molar-refractivity contribution in [1.82, 2.24) is 9.97 Å². The van der Waals surface area contributed by atoms with E-state index in [1.54, 1.807) is 12.1 Å². The molecule has 2 aromatic carbocycles. The van der Waals surface area contributed by atoms with E-state index in [4.69, 9.17) is 5.11 Å². The molecular weight excluding hydrogens is 315 g/mol. The van der Waals surface area contributed by atoms with Crippen LogP contribution in [-0.2, 0) is 0 Å². The molecule has 126 valence electrons. The van der Waals surface area contributed by atoms with Crippen LogP contribution < -0.4 is 10.2 Å². The quantitative estimate of drug-likeness (QED) is 0.641. The molecule has 0 bridgehead atoms. The molecule has 1 saturated heterocycles. The van der Waals surface area contributed by atoms with Gasteiger partial charge in [0.25, 0.3) is 0 Å². The number of benzene rings is 2. The summed E-state index contributed by atoms with van der Waals surface area (Å²) in [5, 5.41) is 11.2. The molecule has 0 spiro atoms. The van der Waals surface area contributed by atoms with E-state index in [9.17, 15) is 4.79 Å². The first-order chi connectivity index (χ1) is 12.2. The van der Waals surface area contributed by atoms with E-state index in [1.165, 1.54) is 25.6 Å². The first kappa shape index (κ1) is 15.6. The van der Waals surface area contributed by atoms with Gasteiger partial charge in [0.1, 0.15) is 13.1 Å². The lowest BCUT2D eigenvalue weighted by Crippen LogP contribution is -2.31. The van der Waals surface area contributed by atoms with Gasteiger partial charge in [-0.15, -0.1) is 0 Å². The van der Waals surface area contributed by atoms with Crippen LogP contribution in [0.1, 0.15) is 0 Å². The van der Waals surface area contributed by atoms with E-state index in [1.807, 2.05) is 6.07 Å². The fourth-order valence-corrected chi connectivity index (χ4v) is 3.33. The summed E-state index contributed by atoms with van der Waals surface area (Å²) in [5.74, 6) is 0.785. The van der Waals surface area contributed by atoms with Crippen molar-refractivity contribution in [3.05, 3.63) is 42.5 Å². The normalized spacial score (nSPS) is 14.3. The van der Waals surface area contributed by atoms with Gasteiger partial charge < -0.3 is 15.0 Å². The number of H-pyrrole nitrogens is 1. The number of aromatic amines is 1. The van der Waals surface area contributed by atoms with Gasteiger partial charge in [-0.3, -0.25) is 5.32 Å². The SMILES string of the molecule is O=C(O)Nc1ccc2[nH]c(-c3ccc(N4CCBCC4)cc3)nc2c1. The molecule has 4 rings (SSSR count). The van der Waals surface area contributed by atoms with Gasteiger partial charge in [0.05, 0.1) is 11.0 Å². The second-order valence-electron chi connectivity index (χ2n) is 6.34. The minimum Gasteiger partial charge on any atom is -0.465 e. The molecule has 1 amide bonds. The average molecular weight is 334 g/mol. The number of amides is 1. The average Bonchev–Trinajstić information content (AvgIpc) is 3.05. The van der Waals surface area contributed by atoms with E-state index < -0.39 is 6.09 Å². The Kier molecular flexibility index (Phi) is 4.05. The van der Waals surface area contributed by atoms with Crippen LogP contribution in [0.4, 0.5) is 16.2 Å². The monoisotopic (exact) mass is 334 g/mol. The summed E-state index contributed by atoms with van der Waals surface area (Å²) in [4.78, 5) is 21.1. The first-order valence-electron chi connectivity index (χ1n) is 8.54. The minimum absolute atomic E-state index is 0.512. The third-order valence-corrected chi connectivity index (χ3v) is 4.60. The Morgan fingerprint density at radius 3 is 2.64 bits per heavy atom. The number of imidazole rings is 1. The molecule has 6 nitrogen and oxygen atoms in total. The first-order valence-corrected chi connectivity index (χ1v) is 8.54. The number of aromatic nitrogens is 2. The third-order valence-electron chi connectivity index (χ3n) is 4.60. The highest BCUT2D eigenvalue weighted by atomic mass is 16.4. The molecular formula is C18H19BN4O2. The minimum atomic E-state index is -1.08.